The monoisotopic (exact) mass is 214 g/mol. The van der Waals surface area contributed by atoms with Gasteiger partial charge in [-0.25, -0.2) is 0 Å². The number of hydrogen-bond acceptors (Lipinski definition) is 3. The summed E-state index contributed by atoms with van der Waals surface area (Å²) in [6.07, 6.45) is 0.419. The van der Waals surface area contributed by atoms with Crippen LogP contribution in [0.15, 0.2) is 0 Å². The van der Waals surface area contributed by atoms with E-state index in [9.17, 15) is 9.59 Å². The van der Waals surface area contributed by atoms with Crippen molar-refractivity contribution in [3.63, 3.8) is 0 Å². The summed E-state index contributed by atoms with van der Waals surface area (Å²) < 4.78 is 0. The number of ketones is 1. The fraction of sp³-hybridized carbons (Fsp3) is 0.818. The molecule has 0 aromatic rings. The predicted octanol–water partition coefficient (Wildman–Crippen LogP) is 0.716. The van der Waals surface area contributed by atoms with E-state index in [0.29, 0.717) is 13.0 Å². The minimum Gasteiger partial charge on any atom is -0.354 e. The number of carbonyl (C=O) groups excluding carboxylic acids is 2. The van der Waals surface area contributed by atoms with E-state index in [0.717, 1.165) is 6.54 Å². The zero-order chi connectivity index (χ0) is 11.8. The van der Waals surface area contributed by atoms with Gasteiger partial charge in [-0.2, -0.15) is 0 Å². The van der Waals surface area contributed by atoms with Gasteiger partial charge in [0, 0.05) is 18.9 Å². The molecule has 0 aliphatic heterocycles. The zero-order valence-electron chi connectivity index (χ0n) is 10.1. The number of nitrogens with one attached hydrogen (secondary N) is 2. The van der Waals surface area contributed by atoms with Crippen LogP contribution in [0.5, 0.6) is 0 Å². The van der Waals surface area contributed by atoms with Crippen LogP contribution in [0.3, 0.4) is 0 Å². The van der Waals surface area contributed by atoms with Crippen molar-refractivity contribution in [2.24, 2.45) is 5.92 Å². The first-order chi connectivity index (χ1) is 6.99. The van der Waals surface area contributed by atoms with E-state index >= 15 is 0 Å². The van der Waals surface area contributed by atoms with Gasteiger partial charge in [-0.05, 0) is 13.5 Å². The van der Waals surface area contributed by atoms with E-state index in [1.165, 1.54) is 0 Å². The van der Waals surface area contributed by atoms with Gasteiger partial charge in [0.05, 0.1) is 6.04 Å². The summed E-state index contributed by atoms with van der Waals surface area (Å²) in [7, 11) is 0. The van der Waals surface area contributed by atoms with Crippen LogP contribution in [-0.4, -0.2) is 30.8 Å². The maximum absolute atomic E-state index is 11.4. The number of likely N-dealkylation sites (N-methyl/N-ethyl adjacent to an activating group) is 1. The molecule has 15 heavy (non-hydrogen) atoms. The van der Waals surface area contributed by atoms with Crippen LogP contribution in [0.1, 0.15) is 34.1 Å². The Balaban J connectivity index is 3.68. The van der Waals surface area contributed by atoms with Crippen LogP contribution in [0.4, 0.5) is 0 Å². The molecular weight excluding hydrogens is 192 g/mol. The van der Waals surface area contributed by atoms with Crippen LogP contribution in [0.2, 0.25) is 0 Å². The van der Waals surface area contributed by atoms with Crippen molar-refractivity contribution >= 4 is 11.7 Å². The molecule has 0 aliphatic rings. The number of hydrogen-bond donors (Lipinski definition) is 2. The summed E-state index contributed by atoms with van der Waals surface area (Å²) in [5, 5.41) is 5.74. The van der Waals surface area contributed by atoms with Gasteiger partial charge in [0.25, 0.3) is 0 Å². The van der Waals surface area contributed by atoms with Crippen molar-refractivity contribution < 1.29 is 9.59 Å². The maximum Gasteiger partial charge on any atom is 0.236 e. The second-order valence-corrected chi connectivity index (χ2v) is 3.94. The van der Waals surface area contributed by atoms with Crippen LogP contribution in [0.25, 0.3) is 0 Å². The number of amides is 1. The molecule has 1 amide bonds. The smallest absolute Gasteiger partial charge is 0.236 e. The Morgan fingerprint density at radius 2 is 1.80 bits per heavy atom. The summed E-state index contributed by atoms with van der Waals surface area (Å²) in [5.41, 5.74) is 0. The molecule has 0 rings (SSSR count). The maximum atomic E-state index is 11.4. The van der Waals surface area contributed by atoms with Crippen LogP contribution in [0, 0.1) is 5.92 Å². The lowest BCUT2D eigenvalue weighted by atomic mass is 10.1. The number of rotatable bonds is 7. The molecular formula is C11H22N2O2. The SMILES string of the molecule is CCN[C@@H](C)C(=O)NCCC(=O)C(C)C. The molecule has 0 aromatic heterocycles. The highest BCUT2D eigenvalue weighted by molar-refractivity contribution is 5.83. The molecule has 0 bridgehead atoms. The second kappa shape index (κ2) is 7.40. The average Bonchev–Trinajstić information content (AvgIpc) is 2.17. The Hall–Kier alpha value is -0.900. The highest BCUT2D eigenvalue weighted by atomic mass is 16.2. The highest BCUT2D eigenvalue weighted by Gasteiger charge is 2.11. The molecule has 0 unspecified atom stereocenters. The lowest BCUT2D eigenvalue weighted by molar-refractivity contribution is -0.123. The lowest BCUT2D eigenvalue weighted by Crippen LogP contribution is -2.42. The molecule has 4 nitrogen and oxygen atoms in total. The molecule has 88 valence electrons. The largest absolute Gasteiger partial charge is 0.354 e. The number of carbonyl (C=O) groups is 2. The zero-order valence-corrected chi connectivity index (χ0v) is 10.1. The lowest BCUT2D eigenvalue weighted by Gasteiger charge is -2.12. The molecule has 1 atom stereocenters. The highest BCUT2D eigenvalue weighted by Crippen LogP contribution is 1.97. The van der Waals surface area contributed by atoms with Gasteiger partial charge in [-0.15, -0.1) is 0 Å². The van der Waals surface area contributed by atoms with Gasteiger partial charge < -0.3 is 10.6 Å². The normalized spacial score (nSPS) is 12.6. The van der Waals surface area contributed by atoms with E-state index in [4.69, 9.17) is 0 Å². The van der Waals surface area contributed by atoms with E-state index in [-0.39, 0.29) is 23.7 Å². The van der Waals surface area contributed by atoms with E-state index in [1.54, 1.807) is 0 Å². The van der Waals surface area contributed by atoms with Gasteiger partial charge in [-0.1, -0.05) is 20.8 Å². The molecule has 0 fully saturated rings. The fourth-order valence-corrected chi connectivity index (χ4v) is 1.15. The molecule has 2 N–H and O–H groups in total. The Labute approximate surface area is 91.8 Å². The molecule has 0 spiro atoms. The second-order valence-electron chi connectivity index (χ2n) is 3.94. The molecule has 0 saturated carbocycles. The predicted molar refractivity (Wildman–Crippen MR) is 60.6 cm³/mol. The quantitative estimate of drug-likeness (QED) is 0.656. The Morgan fingerprint density at radius 1 is 1.20 bits per heavy atom. The van der Waals surface area contributed by atoms with Crippen molar-refractivity contribution in [2.45, 2.75) is 40.2 Å². The van der Waals surface area contributed by atoms with Crippen molar-refractivity contribution in [3.05, 3.63) is 0 Å². The molecule has 4 heteroatoms. The topological polar surface area (TPSA) is 58.2 Å². The third-order valence-electron chi connectivity index (χ3n) is 2.22. The summed E-state index contributed by atoms with van der Waals surface area (Å²) in [5.74, 6) is 0.188. The summed E-state index contributed by atoms with van der Waals surface area (Å²) >= 11 is 0. The Morgan fingerprint density at radius 3 is 2.27 bits per heavy atom. The average molecular weight is 214 g/mol. The van der Waals surface area contributed by atoms with Gasteiger partial charge in [-0.3, -0.25) is 9.59 Å². The van der Waals surface area contributed by atoms with Crippen molar-refractivity contribution in [3.8, 4) is 0 Å². The standard InChI is InChI=1S/C11H22N2O2/c1-5-12-9(4)11(15)13-7-6-10(14)8(2)3/h8-9,12H,5-7H2,1-4H3,(H,13,15)/t9-/m0/s1. The van der Waals surface area contributed by atoms with Crippen molar-refractivity contribution in [1.29, 1.82) is 0 Å². The van der Waals surface area contributed by atoms with Crippen LogP contribution < -0.4 is 10.6 Å². The summed E-state index contributed by atoms with van der Waals surface area (Å²) in [6, 6.07) is -0.191. The fourth-order valence-electron chi connectivity index (χ4n) is 1.15. The summed E-state index contributed by atoms with van der Waals surface area (Å²) in [6.45, 7) is 8.69. The Kier molecular flexibility index (Phi) is 6.96. The third kappa shape index (κ3) is 6.23. The summed E-state index contributed by atoms with van der Waals surface area (Å²) in [4.78, 5) is 22.7. The van der Waals surface area contributed by atoms with Gasteiger partial charge >= 0.3 is 0 Å². The van der Waals surface area contributed by atoms with Crippen molar-refractivity contribution in [2.75, 3.05) is 13.1 Å². The van der Waals surface area contributed by atoms with Gasteiger partial charge in [0.2, 0.25) is 5.91 Å². The minimum atomic E-state index is -0.191. The Bertz CT molecular complexity index is 215. The molecule has 0 heterocycles. The molecule has 0 aromatic carbocycles. The third-order valence-corrected chi connectivity index (χ3v) is 2.22. The molecule has 0 radical (unpaired) electrons. The molecule has 0 saturated heterocycles. The first-order valence-corrected chi connectivity index (χ1v) is 5.52. The minimum absolute atomic E-state index is 0.0478. The first kappa shape index (κ1) is 14.1. The van der Waals surface area contributed by atoms with Gasteiger partial charge in [0.15, 0.2) is 0 Å². The van der Waals surface area contributed by atoms with Crippen LogP contribution in [-0.2, 0) is 9.59 Å². The molecule has 0 aliphatic carbocycles. The van der Waals surface area contributed by atoms with E-state index in [2.05, 4.69) is 10.6 Å². The first-order valence-electron chi connectivity index (χ1n) is 5.52. The van der Waals surface area contributed by atoms with Crippen LogP contribution >= 0.6 is 0 Å². The number of Topliss-reactive ketones (excluding diaryl/α,β-unsaturated/α-hetero) is 1. The van der Waals surface area contributed by atoms with E-state index in [1.807, 2.05) is 27.7 Å². The van der Waals surface area contributed by atoms with E-state index < -0.39 is 0 Å². The van der Waals surface area contributed by atoms with Gasteiger partial charge in [0.1, 0.15) is 5.78 Å². The van der Waals surface area contributed by atoms with Crippen molar-refractivity contribution in [1.82, 2.24) is 10.6 Å².